The number of aliphatic hydroxyl groups excluding tert-OH is 1. The number of aliphatic hydroxyl groups is 1. The number of cyclic esters (lactones) is 1. The van der Waals surface area contributed by atoms with Gasteiger partial charge in [-0.05, 0) is 25.7 Å². The molecule has 3 N–H and O–H groups in total. The number of esters is 1. The van der Waals surface area contributed by atoms with E-state index in [1.165, 1.54) is 6.08 Å². The zero-order chi connectivity index (χ0) is 15.1. The average molecular weight is 284 g/mol. The molecule has 0 spiro atoms. The molecule has 1 aliphatic heterocycles. The second kappa shape index (κ2) is 7.44. The molecule has 0 radical (unpaired) electrons. The molecule has 0 aliphatic carbocycles. The van der Waals surface area contributed by atoms with Crippen LogP contribution in [0.25, 0.3) is 0 Å². The number of allylic oxidation sites excluding steroid dienone is 1. The van der Waals surface area contributed by atoms with E-state index in [2.05, 4.69) is 0 Å². The van der Waals surface area contributed by atoms with Crippen LogP contribution in [0.4, 0.5) is 0 Å². The Kier molecular flexibility index (Phi) is 5.92. The predicted octanol–water partition coefficient (Wildman–Crippen LogP) is 0.487. The molecule has 20 heavy (non-hydrogen) atoms. The van der Waals surface area contributed by atoms with E-state index in [9.17, 15) is 14.4 Å². The molecule has 1 atom stereocenters. The SMILES string of the molecule is O=C(O)/C=C/CCCC[C@@H]1OC(=O)C(CO)=C1C(=O)O. The number of carbonyl (C=O) groups is 3. The third kappa shape index (κ3) is 4.20. The number of rotatable bonds is 8. The van der Waals surface area contributed by atoms with Gasteiger partial charge in [0, 0.05) is 6.08 Å². The van der Waals surface area contributed by atoms with Crippen LogP contribution in [-0.4, -0.2) is 45.9 Å². The van der Waals surface area contributed by atoms with Gasteiger partial charge in [-0.15, -0.1) is 0 Å². The highest BCUT2D eigenvalue weighted by molar-refractivity contribution is 6.03. The lowest BCUT2D eigenvalue weighted by molar-refractivity contribution is -0.141. The molecule has 1 aliphatic rings. The maximum Gasteiger partial charge on any atom is 0.337 e. The van der Waals surface area contributed by atoms with Crippen LogP contribution in [0, 0.1) is 0 Å². The number of ether oxygens (including phenoxy) is 1. The lowest BCUT2D eigenvalue weighted by Gasteiger charge is -2.10. The van der Waals surface area contributed by atoms with Gasteiger partial charge in [-0.25, -0.2) is 14.4 Å². The zero-order valence-electron chi connectivity index (χ0n) is 10.7. The first-order valence-corrected chi connectivity index (χ1v) is 6.15. The largest absolute Gasteiger partial charge is 0.478 e. The molecule has 1 heterocycles. The summed E-state index contributed by atoms with van der Waals surface area (Å²) in [5.74, 6) is -3.07. The summed E-state index contributed by atoms with van der Waals surface area (Å²) in [6.45, 7) is -0.654. The first kappa shape index (κ1) is 15.9. The highest BCUT2D eigenvalue weighted by Crippen LogP contribution is 2.26. The maximum atomic E-state index is 11.4. The number of unbranched alkanes of at least 4 members (excludes halogenated alkanes) is 2. The van der Waals surface area contributed by atoms with Gasteiger partial charge in [-0.1, -0.05) is 6.08 Å². The summed E-state index contributed by atoms with van der Waals surface area (Å²) in [6.07, 6.45) is 3.82. The smallest absolute Gasteiger partial charge is 0.337 e. The minimum Gasteiger partial charge on any atom is -0.478 e. The minimum atomic E-state index is -1.27. The van der Waals surface area contributed by atoms with E-state index < -0.39 is 30.6 Å². The maximum absolute atomic E-state index is 11.4. The molecule has 0 bridgehead atoms. The number of carboxylic acids is 2. The summed E-state index contributed by atoms with van der Waals surface area (Å²) >= 11 is 0. The normalized spacial score (nSPS) is 18.6. The van der Waals surface area contributed by atoms with Gasteiger partial charge in [0.15, 0.2) is 0 Å². The first-order valence-electron chi connectivity index (χ1n) is 6.15. The van der Waals surface area contributed by atoms with Gasteiger partial charge in [-0.3, -0.25) is 0 Å². The van der Waals surface area contributed by atoms with Crippen molar-refractivity contribution in [3.8, 4) is 0 Å². The van der Waals surface area contributed by atoms with Crippen LogP contribution in [0.15, 0.2) is 23.3 Å². The van der Waals surface area contributed by atoms with Crippen LogP contribution in [0.3, 0.4) is 0 Å². The Bertz CT molecular complexity index is 461. The van der Waals surface area contributed by atoms with Crippen LogP contribution < -0.4 is 0 Å². The van der Waals surface area contributed by atoms with Crippen LogP contribution in [0.1, 0.15) is 25.7 Å². The van der Waals surface area contributed by atoms with Crippen molar-refractivity contribution in [2.45, 2.75) is 31.8 Å². The highest BCUT2D eigenvalue weighted by Gasteiger charge is 2.37. The summed E-state index contributed by atoms with van der Waals surface area (Å²) in [7, 11) is 0. The first-order chi connectivity index (χ1) is 9.47. The van der Waals surface area contributed by atoms with Crippen LogP contribution in [-0.2, 0) is 19.1 Å². The van der Waals surface area contributed by atoms with Gasteiger partial charge in [0.25, 0.3) is 0 Å². The van der Waals surface area contributed by atoms with E-state index in [1.54, 1.807) is 0 Å². The zero-order valence-corrected chi connectivity index (χ0v) is 10.7. The lowest BCUT2D eigenvalue weighted by Crippen LogP contribution is -2.17. The quantitative estimate of drug-likeness (QED) is 0.337. The van der Waals surface area contributed by atoms with Crippen molar-refractivity contribution in [1.82, 2.24) is 0 Å². The third-order valence-corrected chi connectivity index (χ3v) is 2.88. The lowest BCUT2D eigenvalue weighted by atomic mass is 10.0. The Balaban J connectivity index is 2.48. The van der Waals surface area contributed by atoms with E-state index in [4.69, 9.17) is 20.1 Å². The van der Waals surface area contributed by atoms with Gasteiger partial charge in [0.1, 0.15) is 6.10 Å². The summed E-state index contributed by atoms with van der Waals surface area (Å²) in [6, 6.07) is 0. The van der Waals surface area contributed by atoms with Gasteiger partial charge < -0.3 is 20.1 Å². The van der Waals surface area contributed by atoms with Crippen molar-refractivity contribution in [1.29, 1.82) is 0 Å². The Labute approximate surface area is 115 Å². The summed E-state index contributed by atoms with van der Waals surface area (Å²) in [4.78, 5) is 32.6. The topological polar surface area (TPSA) is 121 Å². The molecule has 7 nitrogen and oxygen atoms in total. The van der Waals surface area contributed by atoms with Crippen LogP contribution >= 0.6 is 0 Å². The van der Waals surface area contributed by atoms with Crippen molar-refractivity contribution in [2.75, 3.05) is 6.61 Å². The van der Waals surface area contributed by atoms with Crippen molar-refractivity contribution >= 4 is 17.9 Å². The van der Waals surface area contributed by atoms with Gasteiger partial charge in [0.05, 0.1) is 17.8 Å². The molecular formula is C13H16O7. The van der Waals surface area contributed by atoms with Gasteiger partial charge in [0.2, 0.25) is 0 Å². The Morgan fingerprint density at radius 2 is 1.95 bits per heavy atom. The fourth-order valence-electron chi connectivity index (χ4n) is 1.96. The Hall–Kier alpha value is -2.15. The van der Waals surface area contributed by atoms with Crippen LogP contribution in [0.5, 0.6) is 0 Å². The molecule has 0 amide bonds. The summed E-state index contributed by atoms with van der Waals surface area (Å²) in [5.41, 5.74) is -0.383. The number of hydrogen-bond acceptors (Lipinski definition) is 5. The van der Waals surface area contributed by atoms with Gasteiger partial charge in [-0.2, -0.15) is 0 Å². The highest BCUT2D eigenvalue weighted by atomic mass is 16.6. The second-order valence-corrected chi connectivity index (χ2v) is 4.27. The number of carbonyl (C=O) groups excluding carboxylic acids is 1. The molecular weight excluding hydrogens is 268 g/mol. The minimum absolute atomic E-state index is 0.182. The van der Waals surface area contributed by atoms with Crippen molar-refractivity contribution in [2.24, 2.45) is 0 Å². The monoisotopic (exact) mass is 284 g/mol. The van der Waals surface area contributed by atoms with Crippen molar-refractivity contribution < 1.29 is 34.4 Å². The third-order valence-electron chi connectivity index (χ3n) is 2.88. The second-order valence-electron chi connectivity index (χ2n) is 4.27. The number of aliphatic carboxylic acids is 2. The Morgan fingerprint density at radius 1 is 1.25 bits per heavy atom. The number of hydrogen-bond donors (Lipinski definition) is 3. The summed E-state index contributed by atoms with van der Waals surface area (Å²) in [5, 5.41) is 26.4. The molecule has 1 rings (SSSR count). The van der Waals surface area contributed by atoms with E-state index >= 15 is 0 Å². The molecule has 0 aromatic rings. The fourth-order valence-corrected chi connectivity index (χ4v) is 1.96. The molecule has 0 aromatic heterocycles. The molecule has 0 fully saturated rings. The van der Waals surface area contributed by atoms with Crippen molar-refractivity contribution in [3.05, 3.63) is 23.3 Å². The van der Waals surface area contributed by atoms with Crippen LogP contribution in [0.2, 0.25) is 0 Å². The molecule has 0 unspecified atom stereocenters. The fraction of sp³-hybridized carbons (Fsp3) is 0.462. The average Bonchev–Trinajstić information content (AvgIpc) is 2.69. The molecule has 0 saturated carbocycles. The summed E-state index contributed by atoms with van der Waals surface area (Å²) < 4.78 is 4.92. The molecule has 0 saturated heterocycles. The molecule has 7 heteroatoms. The predicted molar refractivity (Wildman–Crippen MR) is 66.9 cm³/mol. The Morgan fingerprint density at radius 3 is 2.50 bits per heavy atom. The van der Waals surface area contributed by atoms with E-state index in [1.807, 2.05) is 0 Å². The van der Waals surface area contributed by atoms with E-state index in [-0.39, 0.29) is 11.1 Å². The van der Waals surface area contributed by atoms with E-state index in [0.29, 0.717) is 25.7 Å². The van der Waals surface area contributed by atoms with Crippen molar-refractivity contribution in [3.63, 3.8) is 0 Å². The molecule has 0 aromatic carbocycles. The standard InChI is InChI=1S/C13H16O7/c14-7-8-11(12(17)18)9(20-13(8)19)5-3-1-2-4-6-10(15)16/h4,6,9,14H,1-3,5,7H2,(H,15,16)(H,17,18)/b6-4+/t9-/m0/s1. The molecule has 110 valence electrons. The van der Waals surface area contributed by atoms with Gasteiger partial charge >= 0.3 is 17.9 Å². The van der Waals surface area contributed by atoms with E-state index in [0.717, 1.165) is 6.08 Å². The number of carboxylic acid groups (broad SMARTS) is 2.